The first kappa shape index (κ1) is 18.2. The summed E-state index contributed by atoms with van der Waals surface area (Å²) >= 11 is 0. The van der Waals surface area contributed by atoms with Gasteiger partial charge in [0.1, 0.15) is 11.6 Å². The summed E-state index contributed by atoms with van der Waals surface area (Å²) in [6.07, 6.45) is 0.163. The number of halogens is 2. The van der Waals surface area contributed by atoms with Gasteiger partial charge in [-0.1, -0.05) is 0 Å². The number of aromatic nitrogens is 1. The van der Waals surface area contributed by atoms with Crippen LogP contribution in [0.1, 0.15) is 12.8 Å². The van der Waals surface area contributed by atoms with Crippen LogP contribution in [-0.2, 0) is 11.3 Å². The van der Waals surface area contributed by atoms with Crippen molar-refractivity contribution in [3.8, 4) is 0 Å². The molecule has 3 aromatic rings. The van der Waals surface area contributed by atoms with Crippen molar-refractivity contribution in [1.29, 1.82) is 0 Å². The highest BCUT2D eigenvalue weighted by Crippen LogP contribution is 2.20. The monoisotopic (exact) mass is 377 g/mol. The Hall–Kier alpha value is -3.56. The second-order valence-electron chi connectivity index (χ2n) is 5.70. The number of hydrogen-bond donors (Lipinski definition) is 1. The highest BCUT2D eigenvalue weighted by Gasteiger charge is 2.14. The quantitative estimate of drug-likeness (QED) is 0.524. The van der Waals surface area contributed by atoms with Gasteiger partial charge in [-0.3, -0.25) is 19.5 Å². The zero-order valence-corrected chi connectivity index (χ0v) is 13.8. The fourth-order valence-electron chi connectivity index (χ4n) is 2.58. The number of non-ortho nitro benzene ring substituents is 1. The van der Waals surface area contributed by atoms with E-state index in [4.69, 9.17) is 4.42 Å². The van der Waals surface area contributed by atoms with Crippen LogP contribution in [0.4, 0.5) is 20.2 Å². The number of nitrogens with one attached hydrogen (secondary N) is 1. The van der Waals surface area contributed by atoms with Gasteiger partial charge in [0.15, 0.2) is 5.58 Å². The molecular weight excluding hydrogens is 364 g/mol. The number of nitro groups is 1. The third-order valence-electron chi connectivity index (χ3n) is 3.85. The average Bonchev–Trinajstić information content (AvgIpc) is 2.93. The van der Waals surface area contributed by atoms with E-state index >= 15 is 0 Å². The van der Waals surface area contributed by atoms with Crippen molar-refractivity contribution in [2.75, 3.05) is 5.32 Å². The van der Waals surface area contributed by atoms with Gasteiger partial charge in [0, 0.05) is 25.1 Å². The van der Waals surface area contributed by atoms with E-state index < -0.39 is 28.2 Å². The fourth-order valence-corrected chi connectivity index (χ4v) is 2.58. The smallest absolute Gasteiger partial charge is 0.407 e. The third-order valence-corrected chi connectivity index (χ3v) is 3.85. The standard InChI is InChI=1S/C17H13F2N3O5/c18-10-3-5-12(19)13(8-10)20-16(23)2-1-7-21-14-6-4-11(22(25)26)9-15(14)27-17(21)24/h3-6,8-9H,1-2,7H2,(H,20,23). The molecule has 27 heavy (non-hydrogen) atoms. The zero-order valence-electron chi connectivity index (χ0n) is 13.8. The Morgan fingerprint density at radius 1 is 1.22 bits per heavy atom. The van der Waals surface area contributed by atoms with Crippen molar-refractivity contribution in [3.63, 3.8) is 0 Å². The van der Waals surface area contributed by atoms with E-state index in [9.17, 15) is 28.5 Å². The molecule has 0 spiro atoms. The fraction of sp³-hybridized carbons (Fsp3) is 0.176. The van der Waals surface area contributed by atoms with Crippen LogP contribution in [0.25, 0.3) is 11.1 Å². The third kappa shape index (κ3) is 4.00. The molecular formula is C17H13F2N3O5. The first-order valence-electron chi connectivity index (χ1n) is 7.88. The van der Waals surface area contributed by atoms with E-state index in [1.54, 1.807) is 0 Å². The lowest BCUT2D eigenvalue weighted by molar-refractivity contribution is -0.384. The second kappa shape index (κ2) is 7.36. The van der Waals surface area contributed by atoms with E-state index in [2.05, 4.69) is 5.32 Å². The lowest BCUT2D eigenvalue weighted by Gasteiger charge is -2.07. The SMILES string of the molecule is O=C(CCCn1c(=O)oc2cc([N+](=O)[O-])ccc21)Nc1cc(F)ccc1F. The van der Waals surface area contributed by atoms with Gasteiger partial charge in [-0.15, -0.1) is 0 Å². The molecule has 10 heteroatoms. The van der Waals surface area contributed by atoms with Crippen molar-refractivity contribution < 1.29 is 22.9 Å². The van der Waals surface area contributed by atoms with Crippen LogP contribution in [0.3, 0.4) is 0 Å². The summed E-state index contributed by atoms with van der Waals surface area (Å²) in [7, 11) is 0. The normalized spacial score (nSPS) is 10.9. The molecule has 0 atom stereocenters. The van der Waals surface area contributed by atoms with E-state index in [0.29, 0.717) is 5.52 Å². The molecule has 0 saturated carbocycles. The number of hydrogen-bond acceptors (Lipinski definition) is 5. The van der Waals surface area contributed by atoms with Gasteiger partial charge in [-0.05, 0) is 24.6 Å². The highest BCUT2D eigenvalue weighted by atomic mass is 19.1. The molecule has 1 aromatic heterocycles. The Morgan fingerprint density at radius 2 is 2.00 bits per heavy atom. The van der Waals surface area contributed by atoms with Gasteiger partial charge in [-0.25, -0.2) is 13.6 Å². The molecule has 8 nitrogen and oxygen atoms in total. The number of anilines is 1. The molecule has 1 N–H and O–H groups in total. The number of carbonyl (C=O) groups is 1. The van der Waals surface area contributed by atoms with Crippen molar-refractivity contribution in [2.45, 2.75) is 19.4 Å². The molecule has 0 aliphatic heterocycles. The van der Waals surface area contributed by atoms with E-state index in [1.807, 2.05) is 0 Å². The number of aryl methyl sites for hydroxylation is 1. The van der Waals surface area contributed by atoms with Crippen LogP contribution >= 0.6 is 0 Å². The maximum atomic E-state index is 13.5. The van der Waals surface area contributed by atoms with Crippen LogP contribution in [0.2, 0.25) is 0 Å². The topological polar surface area (TPSA) is 107 Å². The van der Waals surface area contributed by atoms with Crippen LogP contribution in [0.15, 0.2) is 45.6 Å². The molecule has 1 heterocycles. The Morgan fingerprint density at radius 3 is 2.74 bits per heavy atom. The van der Waals surface area contributed by atoms with Crippen molar-refractivity contribution in [2.24, 2.45) is 0 Å². The summed E-state index contributed by atoms with van der Waals surface area (Å²) in [6, 6.07) is 6.49. The van der Waals surface area contributed by atoms with Crippen LogP contribution in [0, 0.1) is 21.7 Å². The number of benzene rings is 2. The van der Waals surface area contributed by atoms with E-state index in [0.717, 1.165) is 24.3 Å². The summed E-state index contributed by atoms with van der Waals surface area (Å²) in [5.74, 6) is -2.70. The maximum Gasteiger partial charge on any atom is 0.419 e. The molecule has 0 radical (unpaired) electrons. The van der Waals surface area contributed by atoms with Gasteiger partial charge in [0.2, 0.25) is 5.91 Å². The minimum atomic E-state index is -0.761. The van der Waals surface area contributed by atoms with Gasteiger partial charge >= 0.3 is 5.76 Å². The Kier molecular flexibility index (Phi) is 4.97. The summed E-state index contributed by atoms with van der Waals surface area (Å²) in [5, 5.41) is 13.0. The first-order chi connectivity index (χ1) is 12.8. The lowest BCUT2D eigenvalue weighted by atomic mass is 10.2. The van der Waals surface area contributed by atoms with Crippen molar-refractivity contribution in [3.05, 3.63) is 68.7 Å². The molecule has 3 rings (SSSR count). The summed E-state index contributed by atoms with van der Waals surface area (Å²) in [4.78, 5) is 33.9. The predicted molar refractivity (Wildman–Crippen MR) is 91.4 cm³/mol. The number of oxazole rings is 1. The number of rotatable bonds is 6. The van der Waals surface area contributed by atoms with E-state index in [-0.39, 0.29) is 36.3 Å². The van der Waals surface area contributed by atoms with Gasteiger partial charge < -0.3 is 9.73 Å². The molecule has 0 fully saturated rings. The number of amides is 1. The summed E-state index contributed by atoms with van der Waals surface area (Å²) in [5.41, 5.74) is -0.0409. The molecule has 0 aliphatic rings. The molecule has 1 amide bonds. The van der Waals surface area contributed by atoms with Gasteiger partial charge in [0.05, 0.1) is 22.2 Å². The number of nitro benzene ring substituents is 1. The minimum absolute atomic E-state index is 0.0535. The number of nitrogens with zero attached hydrogens (tertiary/aromatic N) is 2. The Bertz CT molecular complexity index is 1090. The Labute approximate surface area is 150 Å². The van der Waals surface area contributed by atoms with Crippen LogP contribution in [-0.4, -0.2) is 15.4 Å². The molecule has 140 valence electrons. The zero-order chi connectivity index (χ0) is 19.6. The van der Waals surface area contributed by atoms with Crippen LogP contribution in [0.5, 0.6) is 0 Å². The van der Waals surface area contributed by atoms with Gasteiger partial charge in [-0.2, -0.15) is 0 Å². The Balaban J connectivity index is 1.66. The van der Waals surface area contributed by atoms with E-state index in [1.165, 1.54) is 16.7 Å². The maximum absolute atomic E-state index is 13.5. The predicted octanol–water partition coefficient (Wildman–Crippen LogP) is 3.20. The largest absolute Gasteiger partial charge is 0.419 e. The van der Waals surface area contributed by atoms with Crippen LogP contribution < -0.4 is 11.1 Å². The number of fused-ring (bicyclic) bond motifs is 1. The number of carbonyl (C=O) groups excluding carboxylic acids is 1. The molecule has 0 bridgehead atoms. The molecule has 0 saturated heterocycles. The van der Waals surface area contributed by atoms with Crippen molar-refractivity contribution in [1.82, 2.24) is 4.57 Å². The summed E-state index contributed by atoms with van der Waals surface area (Å²) < 4.78 is 32.8. The van der Waals surface area contributed by atoms with Crippen molar-refractivity contribution >= 4 is 28.4 Å². The minimum Gasteiger partial charge on any atom is -0.407 e. The summed E-state index contributed by atoms with van der Waals surface area (Å²) in [6.45, 7) is 0.114. The molecule has 0 aliphatic carbocycles. The lowest BCUT2D eigenvalue weighted by Crippen LogP contribution is -2.17. The molecule has 2 aromatic carbocycles. The second-order valence-corrected chi connectivity index (χ2v) is 5.70. The van der Waals surface area contributed by atoms with Gasteiger partial charge in [0.25, 0.3) is 5.69 Å². The average molecular weight is 377 g/mol. The first-order valence-corrected chi connectivity index (χ1v) is 7.88. The highest BCUT2D eigenvalue weighted by molar-refractivity contribution is 5.90. The molecule has 0 unspecified atom stereocenters.